The van der Waals surface area contributed by atoms with E-state index in [0.717, 1.165) is 4.90 Å². The van der Waals surface area contributed by atoms with Crippen molar-refractivity contribution >= 4 is 35.5 Å². The SMILES string of the molecule is COC(=O)c1ccc(NC(=O)CCN2C(=O)c3ccccc3C2=O)cc1C#CCNC(=O)OC(C)(C)C. The van der Waals surface area contributed by atoms with Gasteiger partial charge in [0.25, 0.3) is 11.8 Å². The Balaban J connectivity index is 1.64. The number of rotatable bonds is 6. The fraction of sp³-hybridized carbons (Fsp3) is 0.296. The lowest BCUT2D eigenvalue weighted by Crippen LogP contribution is -2.32. The van der Waals surface area contributed by atoms with Crippen LogP contribution in [-0.2, 0) is 14.3 Å². The van der Waals surface area contributed by atoms with Crippen molar-refractivity contribution in [2.24, 2.45) is 0 Å². The number of nitrogens with zero attached hydrogens (tertiary/aromatic N) is 1. The fourth-order valence-electron chi connectivity index (χ4n) is 3.46. The lowest BCUT2D eigenvalue weighted by atomic mass is 10.1. The van der Waals surface area contributed by atoms with Crippen LogP contribution in [0.4, 0.5) is 10.5 Å². The highest BCUT2D eigenvalue weighted by Crippen LogP contribution is 2.23. The summed E-state index contributed by atoms with van der Waals surface area (Å²) in [6.45, 7) is 5.09. The number of hydrogen-bond acceptors (Lipinski definition) is 7. The van der Waals surface area contributed by atoms with Crippen molar-refractivity contribution in [1.29, 1.82) is 0 Å². The van der Waals surface area contributed by atoms with Gasteiger partial charge in [0.15, 0.2) is 0 Å². The first-order valence-corrected chi connectivity index (χ1v) is 11.4. The number of amides is 4. The average Bonchev–Trinajstić information content (AvgIpc) is 3.08. The highest BCUT2D eigenvalue weighted by atomic mass is 16.6. The van der Waals surface area contributed by atoms with Gasteiger partial charge in [-0.2, -0.15) is 0 Å². The van der Waals surface area contributed by atoms with Crippen LogP contribution in [0, 0.1) is 11.8 Å². The van der Waals surface area contributed by atoms with E-state index in [9.17, 15) is 24.0 Å². The molecule has 0 radical (unpaired) electrons. The van der Waals surface area contributed by atoms with Crippen LogP contribution in [-0.4, -0.2) is 60.5 Å². The first-order chi connectivity index (χ1) is 17.5. The number of anilines is 1. The summed E-state index contributed by atoms with van der Waals surface area (Å²) in [7, 11) is 1.23. The second kappa shape index (κ2) is 11.4. The van der Waals surface area contributed by atoms with Gasteiger partial charge in [-0.15, -0.1) is 0 Å². The topological polar surface area (TPSA) is 131 Å². The molecular weight excluding hydrogens is 478 g/mol. The number of nitrogens with one attached hydrogen (secondary N) is 2. The van der Waals surface area contributed by atoms with E-state index in [4.69, 9.17) is 9.47 Å². The van der Waals surface area contributed by atoms with E-state index in [-0.39, 0.29) is 30.6 Å². The summed E-state index contributed by atoms with van der Waals surface area (Å²) in [5.41, 5.74) is 0.782. The summed E-state index contributed by atoms with van der Waals surface area (Å²) >= 11 is 0. The first-order valence-electron chi connectivity index (χ1n) is 11.4. The highest BCUT2D eigenvalue weighted by molar-refractivity contribution is 6.21. The molecule has 3 rings (SSSR count). The number of alkyl carbamates (subject to hydrolysis) is 1. The Labute approximate surface area is 214 Å². The quantitative estimate of drug-likeness (QED) is 0.351. The predicted molar refractivity (Wildman–Crippen MR) is 134 cm³/mol. The standard InChI is InChI=1S/C27H27N3O7/c1-27(2,3)37-26(35)28-14-7-8-17-16-18(11-12-19(17)25(34)36-4)29-22(31)13-15-30-23(32)20-9-5-6-10-21(20)24(30)33/h5-6,9-12,16H,13-15H2,1-4H3,(H,28,35)(H,29,31). The van der Waals surface area contributed by atoms with Gasteiger partial charge in [0.05, 0.1) is 30.3 Å². The van der Waals surface area contributed by atoms with Gasteiger partial charge < -0.3 is 20.1 Å². The molecule has 4 amide bonds. The summed E-state index contributed by atoms with van der Waals surface area (Å²) in [5.74, 6) is 3.60. The number of fused-ring (bicyclic) bond motifs is 1. The monoisotopic (exact) mass is 505 g/mol. The molecule has 1 aliphatic rings. The van der Waals surface area contributed by atoms with Crippen molar-refractivity contribution in [3.05, 3.63) is 64.7 Å². The van der Waals surface area contributed by atoms with E-state index < -0.39 is 35.4 Å². The van der Waals surface area contributed by atoms with Gasteiger partial charge in [-0.25, -0.2) is 9.59 Å². The number of carbonyl (C=O) groups is 5. The second-order valence-electron chi connectivity index (χ2n) is 9.01. The van der Waals surface area contributed by atoms with Gasteiger partial charge in [0.2, 0.25) is 5.91 Å². The molecule has 0 fully saturated rings. The van der Waals surface area contributed by atoms with Crippen LogP contribution in [0.25, 0.3) is 0 Å². The molecule has 0 saturated heterocycles. The minimum atomic E-state index is -0.651. The van der Waals surface area contributed by atoms with Crippen LogP contribution >= 0.6 is 0 Å². The van der Waals surface area contributed by atoms with Crippen LogP contribution in [0.15, 0.2) is 42.5 Å². The Bertz CT molecular complexity index is 1280. The van der Waals surface area contributed by atoms with Crippen molar-refractivity contribution in [2.75, 3.05) is 25.5 Å². The van der Waals surface area contributed by atoms with E-state index in [0.29, 0.717) is 16.8 Å². The van der Waals surface area contributed by atoms with Crippen LogP contribution in [0.5, 0.6) is 0 Å². The summed E-state index contributed by atoms with van der Waals surface area (Å²) < 4.78 is 9.93. The number of methoxy groups -OCH3 is 1. The van der Waals surface area contributed by atoms with Crippen LogP contribution in [0.3, 0.4) is 0 Å². The average molecular weight is 506 g/mol. The molecule has 2 aromatic carbocycles. The molecule has 0 bridgehead atoms. The van der Waals surface area contributed by atoms with Gasteiger partial charge >= 0.3 is 12.1 Å². The second-order valence-corrected chi connectivity index (χ2v) is 9.01. The Kier molecular flexibility index (Phi) is 8.30. The van der Waals surface area contributed by atoms with Gasteiger partial charge in [-0.3, -0.25) is 19.3 Å². The van der Waals surface area contributed by atoms with Crippen LogP contribution in [0.2, 0.25) is 0 Å². The van der Waals surface area contributed by atoms with Crippen LogP contribution in [0.1, 0.15) is 63.8 Å². The molecule has 1 heterocycles. The maximum atomic E-state index is 12.5. The third-order valence-corrected chi connectivity index (χ3v) is 5.09. The normalized spacial score (nSPS) is 12.3. The van der Waals surface area contributed by atoms with Gasteiger partial charge in [-0.05, 0) is 51.1 Å². The number of benzene rings is 2. The van der Waals surface area contributed by atoms with Gasteiger partial charge in [-0.1, -0.05) is 24.0 Å². The van der Waals surface area contributed by atoms with Crippen molar-refractivity contribution in [1.82, 2.24) is 10.2 Å². The summed E-state index contributed by atoms with van der Waals surface area (Å²) in [5, 5.41) is 5.17. The molecule has 0 aliphatic carbocycles. The molecule has 0 spiro atoms. The lowest BCUT2D eigenvalue weighted by Gasteiger charge is -2.19. The summed E-state index contributed by atoms with van der Waals surface area (Å²) in [4.78, 5) is 62.4. The summed E-state index contributed by atoms with van der Waals surface area (Å²) in [6, 6.07) is 11.0. The molecule has 2 N–H and O–H groups in total. The zero-order valence-corrected chi connectivity index (χ0v) is 21.0. The van der Waals surface area contributed by atoms with E-state index in [2.05, 4.69) is 22.5 Å². The number of ether oxygens (including phenoxy) is 2. The van der Waals surface area contributed by atoms with Crippen molar-refractivity contribution in [2.45, 2.75) is 32.8 Å². The molecule has 1 aliphatic heterocycles. The Morgan fingerprint density at radius 1 is 1.00 bits per heavy atom. The van der Waals surface area contributed by atoms with Crippen LogP contribution < -0.4 is 10.6 Å². The van der Waals surface area contributed by atoms with E-state index >= 15 is 0 Å². The molecule has 0 unspecified atom stereocenters. The number of hydrogen-bond donors (Lipinski definition) is 2. The van der Waals surface area contributed by atoms with Crippen molar-refractivity contribution in [3.63, 3.8) is 0 Å². The zero-order valence-electron chi connectivity index (χ0n) is 21.0. The first kappa shape index (κ1) is 26.9. The van der Waals surface area contributed by atoms with E-state index in [1.807, 2.05) is 0 Å². The number of imide groups is 1. The predicted octanol–water partition coefficient (Wildman–Crippen LogP) is 2.97. The molecule has 2 aromatic rings. The third kappa shape index (κ3) is 6.95. The zero-order chi connectivity index (χ0) is 27.2. The molecule has 192 valence electrons. The van der Waals surface area contributed by atoms with Crippen molar-refractivity contribution in [3.8, 4) is 11.8 Å². The third-order valence-electron chi connectivity index (χ3n) is 5.09. The fourth-order valence-corrected chi connectivity index (χ4v) is 3.46. The van der Waals surface area contributed by atoms with Gasteiger partial charge in [0, 0.05) is 24.2 Å². The van der Waals surface area contributed by atoms with E-state index in [1.54, 1.807) is 45.0 Å². The summed E-state index contributed by atoms with van der Waals surface area (Å²) in [6.07, 6.45) is -0.750. The molecule has 37 heavy (non-hydrogen) atoms. The maximum Gasteiger partial charge on any atom is 0.408 e. The number of esters is 1. The van der Waals surface area contributed by atoms with Gasteiger partial charge in [0.1, 0.15) is 5.60 Å². The molecule has 0 atom stereocenters. The molecular formula is C27H27N3O7. The van der Waals surface area contributed by atoms with Crippen molar-refractivity contribution < 1.29 is 33.4 Å². The smallest absolute Gasteiger partial charge is 0.408 e. The molecule has 0 saturated carbocycles. The largest absolute Gasteiger partial charge is 0.465 e. The molecule has 10 nitrogen and oxygen atoms in total. The minimum Gasteiger partial charge on any atom is -0.465 e. The minimum absolute atomic E-state index is 0.0353. The Morgan fingerprint density at radius 3 is 2.24 bits per heavy atom. The van der Waals surface area contributed by atoms with E-state index in [1.165, 1.54) is 25.3 Å². The maximum absolute atomic E-state index is 12.5. The molecule has 0 aromatic heterocycles. The lowest BCUT2D eigenvalue weighted by molar-refractivity contribution is -0.116. The molecule has 10 heteroatoms. The highest BCUT2D eigenvalue weighted by Gasteiger charge is 2.35. The Morgan fingerprint density at radius 2 is 1.65 bits per heavy atom. The number of carbonyl (C=O) groups excluding carboxylic acids is 5. The Hall–Kier alpha value is -4.65.